The third-order valence-electron chi connectivity index (χ3n) is 6.03. The molecule has 0 bridgehead atoms. The van der Waals surface area contributed by atoms with Crippen LogP contribution in [-0.4, -0.2) is 67.4 Å². The minimum Gasteiger partial charge on any atom is -0.343 e. The molecule has 7 nitrogen and oxygen atoms in total. The summed E-state index contributed by atoms with van der Waals surface area (Å²) >= 11 is 0. The first-order chi connectivity index (χ1) is 13.1. The van der Waals surface area contributed by atoms with Crippen molar-refractivity contribution in [3.63, 3.8) is 0 Å². The van der Waals surface area contributed by atoms with Crippen molar-refractivity contribution < 1.29 is 4.79 Å². The van der Waals surface area contributed by atoms with Crippen LogP contribution in [0, 0.1) is 6.92 Å². The molecule has 4 heterocycles. The molecule has 2 aliphatic rings. The monoisotopic (exact) mass is 368 g/mol. The molecule has 1 unspecified atom stereocenters. The number of aryl methyl sites for hydroxylation is 1. The van der Waals surface area contributed by atoms with E-state index in [4.69, 9.17) is 4.98 Å². The van der Waals surface area contributed by atoms with Gasteiger partial charge in [0.2, 0.25) is 5.91 Å². The van der Waals surface area contributed by atoms with Gasteiger partial charge in [-0.3, -0.25) is 19.2 Å². The SMILES string of the molecule is CC(=O)N1CCC(N2CCCC(c3nccnc3-n3ccnc3C)C2)CC1. The average Bonchev–Trinajstić information content (AvgIpc) is 3.14. The minimum atomic E-state index is 0.199. The highest BCUT2D eigenvalue weighted by atomic mass is 16.2. The summed E-state index contributed by atoms with van der Waals surface area (Å²) in [4.78, 5) is 29.9. The topological polar surface area (TPSA) is 67.2 Å². The van der Waals surface area contributed by atoms with Crippen LogP contribution >= 0.6 is 0 Å². The summed E-state index contributed by atoms with van der Waals surface area (Å²) in [6.07, 6.45) is 11.8. The van der Waals surface area contributed by atoms with Gasteiger partial charge in [-0.2, -0.15) is 0 Å². The van der Waals surface area contributed by atoms with Crippen LogP contribution in [-0.2, 0) is 4.79 Å². The van der Waals surface area contributed by atoms with Gasteiger partial charge >= 0.3 is 0 Å². The van der Waals surface area contributed by atoms with E-state index < -0.39 is 0 Å². The van der Waals surface area contributed by atoms with E-state index in [-0.39, 0.29) is 5.91 Å². The number of aromatic nitrogens is 4. The molecule has 0 aromatic carbocycles. The summed E-state index contributed by atoms with van der Waals surface area (Å²) in [5, 5.41) is 0. The molecule has 1 atom stereocenters. The van der Waals surface area contributed by atoms with E-state index in [2.05, 4.69) is 14.9 Å². The summed E-state index contributed by atoms with van der Waals surface area (Å²) in [5.41, 5.74) is 1.07. The molecule has 4 rings (SSSR count). The van der Waals surface area contributed by atoms with Crippen LogP contribution in [0.2, 0.25) is 0 Å². The molecule has 7 heteroatoms. The molecule has 2 aliphatic heterocycles. The molecule has 2 saturated heterocycles. The molecule has 1 amide bonds. The molecule has 2 aromatic rings. The molecule has 27 heavy (non-hydrogen) atoms. The number of nitrogens with zero attached hydrogens (tertiary/aromatic N) is 6. The maximum atomic E-state index is 11.6. The second kappa shape index (κ2) is 7.76. The van der Waals surface area contributed by atoms with Gasteiger partial charge in [0.05, 0.1) is 5.69 Å². The van der Waals surface area contributed by atoms with Crippen molar-refractivity contribution >= 4 is 5.91 Å². The van der Waals surface area contributed by atoms with Gasteiger partial charge in [-0.05, 0) is 39.2 Å². The highest BCUT2D eigenvalue weighted by Crippen LogP contribution is 2.31. The third-order valence-corrected chi connectivity index (χ3v) is 6.03. The number of piperidine rings is 2. The van der Waals surface area contributed by atoms with Crippen molar-refractivity contribution in [1.29, 1.82) is 0 Å². The predicted molar refractivity (Wildman–Crippen MR) is 103 cm³/mol. The lowest BCUT2D eigenvalue weighted by molar-refractivity contribution is -0.130. The second-order valence-electron chi connectivity index (χ2n) is 7.68. The Balaban J connectivity index is 1.50. The van der Waals surface area contributed by atoms with Crippen LogP contribution in [0.3, 0.4) is 0 Å². The Morgan fingerprint density at radius 2 is 1.81 bits per heavy atom. The lowest BCUT2D eigenvalue weighted by atomic mass is 9.91. The zero-order chi connectivity index (χ0) is 18.8. The Morgan fingerprint density at radius 3 is 2.52 bits per heavy atom. The first kappa shape index (κ1) is 18.1. The van der Waals surface area contributed by atoms with E-state index in [1.807, 2.05) is 28.8 Å². The van der Waals surface area contributed by atoms with Gasteiger partial charge < -0.3 is 4.90 Å². The van der Waals surface area contributed by atoms with Gasteiger partial charge in [0, 0.05) is 63.3 Å². The lowest BCUT2D eigenvalue weighted by Gasteiger charge is -2.42. The van der Waals surface area contributed by atoms with Crippen molar-refractivity contribution in [2.45, 2.75) is 51.5 Å². The van der Waals surface area contributed by atoms with Gasteiger partial charge in [-0.15, -0.1) is 0 Å². The third kappa shape index (κ3) is 3.74. The van der Waals surface area contributed by atoms with Gasteiger partial charge in [0.15, 0.2) is 5.82 Å². The Morgan fingerprint density at radius 1 is 1.04 bits per heavy atom. The molecule has 0 radical (unpaired) electrons. The predicted octanol–water partition coefficient (Wildman–Crippen LogP) is 2.16. The Bertz CT molecular complexity index is 795. The van der Waals surface area contributed by atoms with Gasteiger partial charge in [0.25, 0.3) is 0 Å². The first-order valence-electron chi connectivity index (χ1n) is 9.94. The normalized spacial score (nSPS) is 22.1. The van der Waals surface area contributed by atoms with Crippen molar-refractivity contribution in [3.8, 4) is 5.82 Å². The number of amides is 1. The smallest absolute Gasteiger partial charge is 0.219 e. The number of hydrogen-bond acceptors (Lipinski definition) is 5. The van der Waals surface area contributed by atoms with Gasteiger partial charge in [-0.25, -0.2) is 9.97 Å². The fourth-order valence-corrected chi connectivity index (χ4v) is 4.52. The Kier molecular flexibility index (Phi) is 5.20. The summed E-state index contributed by atoms with van der Waals surface area (Å²) in [7, 11) is 0. The van der Waals surface area contributed by atoms with Crippen LogP contribution in [0.1, 0.15) is 50.0 Å². The standard InChI is InChI=1S/C20H28N6O/c1-15-21-9-13-26(15)20-19(22-7-8-23-20)17-4-3-10-25(14-17)18-5-11-24(12-6-18)16(2)27/h7-9,13,17-18H,3-6,10-12,14H2,1-2H3. The van der Waals surface area contributed by atoms with Crippen LogP contribution in [0.25, 0.3) is 5.82 Å². The van der Waals surface area contributed by atoms with Crippen LogP contribution < -0.4 is 0 Å². The van der Waals surface area contributed by atoms with Crippen molar-refractivity contribution in [3.05, 3.63) is 36.3 Å². The highest BCUT2D eigenvalue weighted by Gasteiger charge is 2.31. The Labute approximate surface area is 160 Å². The fourth-order valence-electron chi connectivity index (χ4n) is 4.52. The summed E-state index contributed by atoms with van der Waals surface area (Å²) in [6.45, 7) is 7.59. The lowest BCUT2D eigenvalue weighted by Crippen LogP contribution is -2.49. The summed E-state index contributed by atoms with van der Waals surface area (Å²) in [5.74, 6) is 2.42. The van der Waals surface area contributed by atoms with Gasteiger partial charge in [-0.1, -0.05) is 0 Å². The van der Waals surface area contributed by atoms with Crippen LogP contribution in [0.15, 0.2) is 24.8 Å². The maximum absolute atomic E-state index is 11.6. The Hall–Kier alpha value is -2.28. The largest absolute Gasteiger partial charge is 0.343 e. The fraction of sp³-hybridized carbons (Fsp3) is 0.600. The molecular formula is C20H28N6O. The number of likely N-dealkylation sites (tertiary alicyclic amines) is 2. The molecule has 144 valence electrons. The number of imidazole rings is 1. The number of carbonyl (C=O) groups excluding carboxylic acids is 1. The highest BCUT2D eigenvalue weighted by molar-refractivity contribution is 5.73. The molecular weight excluding hydrogens is 340 g/mol. The quantitative estimate of drug-likeness (QED) is 0.831. The van der Waals surface area contributed by atoms with E-state index in [1.165, 1.54) is 6.42 Å². The summed E-state index contributed by atoms with van der Waals surface area (Å²) in [6, 6.07) is 0.568. The van der Waals surface area contributed by atoms with Crippen LogP contribution in [0.4, 0.5) is 0 Å². The summed E-state index contributed by atoms with van der Waals surface area (Å²) < 4.78 is 2.03. The van der Waals surface area contributed by atoms with E-state index in [0.29, 0.717) is 12.0 Å². The zero-order valence-electron chi connectivity index (χ0n) is 16.2. The second-order valence-corrected chi connectivity index (χ2v) is 7.68. The number of carbonyl (C=O) groups is 1. The van der Waals surface area contributed by atoms with E-state index in [9.17, 15) is 4.79 Å². The van der Waals surface area contributed by atoms with Gasteiger partial charge in [0.1, 0.15) is 5.82 Å². The molecule has 0 spiro atoms. The van der Waals surface area contributed by atoms with Crippen molar-refractivity contribution in [2.75, 3.05) is 26.2 Å². The first-order valence-corrected chi connectivity index (χ1v) is 9.94. The molecule has 0 N–H and O–H groups in total. The van der Waals surface area contributed by atoms with Crippen molar-refractivity contribution in [2.24, 2.45) is 0 Å². The average molecular weight is 368 g/mol. The zero-order valence-corrected chi connectivity index (χ0v) is 16.2. The molecule has 0 aliphatic carbocycles. The van der Waals surface area contributed by atoms with E-state index in [1.54, 1.807) is 19.3 Å². The maximum Gasteiger partial charge on any atom is 0.219 e. The number of rotatable bonds is 3. The van der Waals surface area contributed by atoms with Crippen molar-refractivity contribution in [1.82, 2.24) is 29.3 Å². The molecule has 2 fully saturated rings. The molecule has 2 aromatic heterocycles. The van der Waals surface area contributed by atoms with Crippen LogP contribution in [0.5, 0.6) is 0 Å². The van der Waals surface area contributed by atoms with E-state index in [0.717, 1.165) is 62.8 Å². The minimum absolute atomic E-state index is 0.199. The number of hydrogen-bond donors (Lipinski definition) is 0. The molecule has 0 saturated carbocycles. The van der Waals surface area contributed by atoms with E-state index >= 15 is 0 Å².